The topological polar surface area (TPSA) is 105 Å². The van der Waals surface area contributed by atoms with Crippen molar-refractivity contribution in [2.45, 2.75) is 0 Å². The van der Waals surface area contributed by atoms with Crippen molar-refractivity contribution in [3.05, 3.63) is 95.9 Å². The molecule has 3 rings (SSSR count). The van der Waals surface area contributed by atoms with Crippen LogP contribution in [0.15, 0.2) is 69.6 Å². The minimum Gasteiger partial charge on any atom is -0.482 e. The fourth-order valence-electron chi connectivity index (χ4n) is 2.82. The number of non-ortho nitro benzene ring substituents is 1. The normalized spacial score (nSPS) is 10.9. The summed E-state index contributed by atoms with van der Waals surface area (Å²) in [4.78, 5) is 22.7. The zero-order valence-electron chi connectivity index (χ0n) is 16.7. The quantitative estimate of drug-likeness (QED) is 0.140. The molecule has 0 radical (unpaired) electrons. The van der Waals surface area contributed by atoms with Crippen LogP contribution in [-0.4, -0.2) is 17.4 Å². The number of hydrogen-bond acceptors (Lipinski definition) is 5. The molecule has 10 heteroatoms. The number of nitriles is 1. The smallest absolute Gasteiger partial charge is 0.269 e. The van der Waals surface area contributed by atoms with Crippen LogP contribution >= 0.6 is 43.5 Å². The molecule has 0 aliphatic rings. The van der Waals surface area contributed by atoms with Crippen molar-refractivity contribution in [3.63, 3.8) is 0 Å². The summed E-state index contributed by atoms with van der Waals surface area (Å²) in [6, 6.07) is 18.1. The molecule has 0 aromatic heterocycles. The Morgan fingerprint density at radius 2 is 1.88 bits per heavy atom. The van der Waals surface area contributed by atoms with Gasteiger partial charge in [-0.05, 0) is 64.0 Å². The number of carbonyl (C=O) groups excluding carboxylic acids is 1. The summed E-state index contributed by atoms with van der Waals surface area (Å²) in [5.41, 5.74) is 1.68. The number of para-hydroxylation sites is 1. The Morgan fingerprint density at radius 3 is 2.52 bits per heavy atom. The van der Waals surface area contributed by atoms with Crippen molar-refractivity contribution in [2.24, 2.45) is 0 Å². The SMILES string of the molecule is N#C/C(=C\c1cc(Br)cc(Br)c1OCC(=O)Nc1ccccc1Cl)c1ccc([N+](=O)[O-])cc1. The lowest BCUT2D eigenvalue weighted by Gasteiger charge is -2.13. The summed E-state index contributed by atoms with van der Waals surface area (Å²) in [7, 11) is 0. The number of nitrogens with one attached hydrogen (secondary N) is 1. The van der Waals surface area contributed by atoms with E-state index in [4.69, 9.17) is 16.3 Å². The maximum Gasteiger partial charge on any atom is 0.269 e. The summed E-state index contributed by atoms with van der Waals surface area (Å²) in [5, 5.41) is 23.6. The van der Waals surface area contributed by atoms with E-state index in [0.29, 0.717) is 32.1 Å². The third kappa shape index (κ3) is 6.42. The lowest BCUT2D eigenvalue weighted by molar-refractivity contribution is -0.384. The highest BCUT2D eigenvalue weighted by atomic mass is 79.9. The summed E-state index contributed by atoms with van der Waals surface area (Å²) in [6.07, 6.45) is 1.58. The van der Waals surface area contributed by atoms with Crippen LogP contribution in [0.1, 0.15) is 11.1 Å². The van der Waals surface area contributed by atoms with E-state index in [1.54, 1.807) is 42.5 Å². The molecule has 0 aliphatic carbocycles. The van der Waals surface area contributed by atoms with Crippen molar-refractivity contribution < 1.29 is 14.5 Å². The van der Waals surface area contributed by atoms with Crippen LogP contribution < -0.4 is 10.1 Å². The van der Waals surface area contributed by atoms with E-state index >= 15 is 0 Å². The lowest BCUT2D eigenvalue weighted by Crippen LogP contribution is -2.20. The number of amides is 1. The number of rotatable bonds is 7. The Balaban J connectivity index is 1.86. The van der Waals surface area contributed by atoms with E-state index in [-0.39, 0.29) is 17.9 Å². The van der Waals surface area contributed by atoms with Gasteiger partial charge in [0.05, 0.1) is 31.7 Å². The van der Waals surface area contributed by atoms with E-state index in [9.17, 15) is 20.2 Å². The first-order chi connectivity index (χ1) is 15.8. The average molecular weight is 592 g/mol. The zero-order valence-corrected chi connectivity index (χ0v) is 20.6. The van der Waals surface area contributed by atoms with Crippen molar-refractivity contribution in [3.8, 4) is 11.8 Å². The van der Waals surface area contributed by atoms with Crippen LogP contribution in [0.4, 0.5) is 11.4 Å². The predicted octanol–water partition coefficient (Wildman–Crippen LogP) is 6.85. The van der Waals surface area contributed by atoms with Crippen molar-refractivity contribution in [2.75, 3.05) is 11.9 Å². The Morgan fingerprint density at radius 1 is 1.18 bits per heavy atom. The van der Waals surface area contributed by atoms with Crippen LogP contribution in [-0.2, 0) is 4.79 Å². The van der Waals surface area contributed by atoms with Gasteiger partial charge in [-0.3, -0.25) is 14.9 Å². The first-order valence-corrected chi connectivity index (χ1v) is 11.3. The predicted molar refractivity (Wildman–Crippen MR) is 134 cm³/mol. The fourth-order valence-corrected chi connectivity index (χ4v) is 4.38. The average Bonchev–Trinajstić information content (AvgIpc) is 2.78. The summed E-state index contributed by atoms with van der Waals surface area (Å²) in [5.74, 6) is -0.0640. The molecular formula is C23H14Br2ClN3O4. The maximum atomic E-state index is 12.4. The molecule has 0 heterocycles. The molecule has 166 valence electrons. The number of hydrogen-bond donors (Lipinski definition) is 1. The molecule has 0 spiro atoms. The van der Waals surface area contributed by atoms with E-state index in [1.165, 1.54) is 24.3 Å². The number of anilines is 1. The van der Waals surface area contributed by atoms with Crippen molar-refractivity contribution >= 4 is 72.4 Å². The third-order valence-corrected chi connectivity index (χ3v) is 5.72. The van der Waals surface area contributed by atoms with Crippen LogP contribution in [0.2, 0.25) is 5.02 Å². The third-order valence-electron chi connectivity index (χ3n) is 4.34. The Hall–Kier alpha value is -3.19. The van der Waals surface area contributed by atoms with Gasteiger partial charge < -0.3 is 10.1 Å². The highest BCUT2D eigenvalue weighted by Crippen LogP contribution is 2.35. The monoisotopic (exact) mass is 589 g/mol. The summed E-state index contributed by atoms with van der Waals surface area (Å²) < 4.78 is 7.04. The minimum atomic E-state index is -0.509. The minimum absolute atomic E-state index is 0.0743. The number of carbonyl (C=O) groups is 1. The lowest BCUT2D eigenvalue weighted by atomic mass is 10.0. The van der Waals surface area contributed by atoms with Gasteiger partial charge in [0, 0.05) is 22.2 Å². The summed E-state index contributed by atoms with van der Waals surface area (Å²) in [6.45, 7) is -0.300. The van der Waals surface area contributed by atoms with Gasteiger partial charge in [-0.15, -0.1) is 0 Å². The zero-order chi connectivity index (χ0) is 24.0. The maximum absolute atomic E-state index is 12.4. The number of allylic oxidation sites excluding steroid dienone is 1. The number of nitro benzene ring substituents is 1. The van der Waals surface area contributed by atoms with Gasteiger partial charge in [0.15, 0.2) is 6.61 Å². The number of nitrogens with zero attached hydrogens (tertiary/aromatic N) is 2. The molecule has 33 heavy (non-hydrogen) atoms. The fraction of sp³-hybridized carbons (Fsp3) is 0.0435. The molecule has 7 nitrogen and oxygen atoms in total. The molecule has 0 unspecified atom stereocenters. The largest absolute Gasteiger partial charge is 0.482 e. The highest BCUT2D eigenvalue weighted by Gasteiger charge is 2.14. The first-order valence-electron chi connectivity index (χ1n) is 9.31. The first kappa shape index (κ1) is 24.5. The standard InChI is InChI=1S/C23H14Br2ClN3O4/c24-17-10-15(9-16(12-27)14-5-7-18(8-6-14)29(31)32)23(19(25)11-17)33-13-22(30)28-21-4-2-1-3-20(21)26/h1-11H,13H2,(H,28,30)/b16-9+. The molecule has 0 saturated heterocycles. The molecule has 1 N–H and O–H groups in total. The van der Waals surface area contributed by atoms with Crippen molar-refractivity contribution in [1.82, 2.24) is 0 Å². The van der Waals surface area contributed by atoms with Crippen LogP contribution in [0, 0.1) is 21.4 Å². The van der Waals surface area contributed by atoms with E-state index in [1.807, 2.05) is 0 Å². The molecular weight excluding hydrogens is 578 g/mol. The number of benzene rings is 3. The number of nitro groups is 1. The van der Waals surface area contributed by atoms with Crippen molar-refractivity contribution in [1.29, 1.82) is 5.26 Å². The second-order valence-corrected chi connectivity index (χ2v) is 8.77. The van der Waals surface area contributed by atoms with E-state index < -0.39 is 10.8 Å². The molecule has 0 saturated carbocycles. The molecule has 1 amide bonds. The second kappa shape index (κ2) is 11.1. The van der Waals surface area contributed by atoms with Crippen LogP contribution in [0.3, 0.4) is 0 Å². The van der Waals surface area contributed by atoms with E-state index in [2.05, 4.69) is 43.2 Å². The molecule has 0 atom stereocenters. The second-order valence-electron chi connectivity index (χ2n) is 6.60. The molecule has 0 bridgehead atoms. The summed E-state index contributed by atoms with van der Waals surface area (Å²) >= 11 is 12.9. The van der Waals surface area contributed by atoms with Gasteiger partial charge in [-0.25, -0.2) is 0 Å². The molecule has 3 aromatic rings. The van der Waals surface area contributed by atoms with Crippen LogP contribution in [0.5, 0.6) is 5.75 Å². The molecule has 3 aromatic carbocycles. The number of halogens is 3. The van der Waals surface area contributed by atoms with Gasteiger partial charge in [0.25, 0.3) is 11.6 Å². The highest BCUT2D eigenvalue weighted by molar-refractivity contribution is 9.11. The Labute approximate surface area is 211 Å². The Kier molecular flexibility index (Phi) is 8.22. The Bertz CT molecular complexity index is 1290. The van der Waals surface area contributed by atoms with Crippen LogP contribution in [0.25, 0.3) is 11.6 Å². The van der Waals surface area contributed by atoms with Gasteiger partial charge >= 0.3 is 0 Å². The molecule has 0 aliphatic heterocycles. The number of ether oxygens (including phenoxy) is 1. The molecule has 0 fully saturated rings. The van der Waals surface area contributed by atoms with Gasteiger partial charge in [0.1, 0.15) is 5.75 Å². The van der Waals surface area contributed by atoms with Gasteiger partial charge in [-0.2, -0.15) is 5.26 Å². The van der Waals surface area contributed by atoms with Gasteiger partial charge in [0.2, 0.25) is 0 Å². The van der Waals surface area contributed by atoms with E-state index in [0.717, 1.165) is 4.47 Å². The van der Waals surface area contributed by atoms with Gasteiger partial charge in [-0.1, -0.05) is 39.7 Å².